The van der Waals surface area contributed by atoms with Crippen molar-refractivity contribution < 1.29 is 27.5 Å². The number of rotatable bonds is 5. The highest BCUT2D eigenvalue weighted by Gasteiger charge is 2.40. The Morgan fingerprint density at radius 1 is 1.28 bits per heavy atom. The number of unbranched alkanes of at least 4 members (excludes halogenated alkanes) is 1. The van der Waals surface area contributed by atoms with Crippen molar-refractivity contribution in [2.75, 3.05) is 6.61 Å². The summed E-state index contributed by atoms with van der Waals surface area (Å²) in [4.78, 5) is 25.6. The summed E-state index contributed by atoms with van der Waals surface area (Å²) in [5, 5.41) is 3.13. The van der Waals surface area contributed by atoms with E-state index in [1.807, 2.05) is 6.92 Å². The Labute approximate surface area is 167 Å². The zero-order chi connectivity index (χ0) is 21.2. The molecule has 7 heteroatoms. The summed E-state index contributed by atoms with van der Waals surface area (Å²) in [5.74, 6) is -1.61. The molecule has 0 aromatic heterocycles. The Hall–Kier alpha value is -2.57. The largest absolute Gasteiger partial charge is 0.462 e. The summed E-state index contributed by atoms with van der Waals surface area (Å²) >= 11 is 0. The molecule has 1 N–H and O–H groups in total. The molecule has 1 aliphatic carbocycles. The summed E-state index contributed by atoms with van der Waals surface area (Å²) in [6.07, 6.45) is -1.39. The normalized spacial score (nSPS) is 19.8. The first-order chi connectivity index (χ1) is 13.7. The standard InChI is InChI=1S/C22H24F3NO3/c1-3-4-11-29-21(28)18-13(2)26-16-9-6-10-17(27)20(16)19(18)14-7-5-8-15(12-14)22(23,24)25/h5,7-8,12,19,26H,3-4,6,9-11H2,1-2H3. The number of dihydropyridines is 1. The topological polar surface area (TPSA) is 55.4 Å². The van der Waals surface area contributed by atoms with Gasteiger partial charge in [0, 0.05) is 29.3 Å². The number of ether oxygens (including phenoxy) is 1. The second-order valence-corrected chi connectivity index (χ2v) is 7.38. The molecule has 1 atom stereocenters. The minimum atomic E-state index is -4.52. The van der Waals surface area contributed by atoms with Gasteiger partial charge in [0.1, 0.15) is 0 Å². The number of hydrogen-bond acceptors (Lipinski definition) is 4. The average Bonchev–Trinajstić information content (AvgIpc) is 2.66. The van der Waals surface area contributed by atoms with Crippen LogP contribution in [0.2, 0.25) is 0 Å². The molecule has 1 aromatic rings. The molecule has 29 heavy (non-hydrogen) atoms. The minimum Gasteiger partial charge on any atom is -0.462 e. The van der Waals surface area contributed by atoms with Crippen LogP contribution in [0.25, 0.3) is 0 Å². The van der Waals surface area contributed by atoms with Crippen molar-refractivity contribution in [3.8, 4) is 0 Å². The fraction of sp³-hybridized carbons (Fsp3) is 0.455. The van der Waals surface area contributed by atoms with E-state index in [4.69, 9.17) is 4.74 Å². The highest BCUT2D eigenvalue weighted by atomic mass is 19.4. The lowest BCUT2D eigenvalue weighted by Gasteiger charge is -2.34. The Kier molecular flexibility index (Phi) is 6.15. The number of hydrogen-bond donors (Lipinski definition) is 1. The average molecular weight is 407 g/mol. The third-order valence-electron chi connectivity index (χ3n) is 5.27. The van der Waals surface area contributed by atoms with E-state index in [0.29, 0.717) is 42.7 Å². The van der Waals surface area contributed by atoms with Gasteiger partial charge >= 0.3 is 12.1 Å². The van der Waals surface area contributed by atoms with Gasteiger partial charge in [-0.15, -0.1) is 0 Å². The van der Waals surface area contributed by atoms with Gasteiger partial charge in [-0.3, -0.25) is 4.79 Å². The molecule has 2 aliphatic rings. The number of alkyl halides is 3. The molecule has 0 saturated heterocycles. The maximum absolute atomic E-state index is 13.3. The smallest absolute Gasteiger partial charge is 0.416 e. The van der Waals surface area contributed by atoms with Gasteiger partial charge in [-0.1, -0.05) is 31.5 Å². The molecule has 0 spiro atoms. The molecule has 0 fully saturated rings. The van der Waals surface area contributed by atoms with Crippen LogP contribution >= 0.6 is 0 Å². The van der Waals surface area contributed by atoms with Gasteiger partial charge in [-0.25, -0.2) is 4.79 Å². The third kappa shape index (κ3) is 4.38. The van der Waals surface area contributed by atoms with E-state index in [-0.39, 0.29) is 23.5 Å². The van der Waals surface area contributed by atoms with Crippen molar-refractivity contribution in [3.05, 3.63) is 57.9 Å². The molecular weight excluding hydrogens is 383 g/mol. The predicted octanol–water partition coefficient (Wildman–Crippen LogP) is 5.02. The first-order valence-corrected chi connectivity index (χ1v) is 9.82. The van der Waals surface area contributed by atoms with E-state index in [0.717, 1.165) is 18.6 Å². The van der Waals surface area contributed by atoms with Crippen LogP contribution in [0, 0.1) is 0 Å². The Balaban J connectivity index is 2.10. The molecule has 156 valence electrons. The fourth-order valence-corrected chi connectivity index (χ4v) is 3.87. The molecule has 0 bridgehead atoms. The van der Waals surface area contributed by atoms with Crippen LogP contribution in [0.4, 0.5) is 13.2 Å². The number of halogens is 3. The Morgan fingerprint density at radius 2 is 2.03 bits per heavy atom. The summed E-state index contributed by atoms with van der Waals surface area (Å²) < 4.78 is 45.2. The SMILES string of the molecule is CCCCOC(=O)C1=C(C)NC2=C(C(=O)CCC2)C1c1cccc(C(F)(F)F)c1. The Morgan fingerprint density at radius 3 is 2.72 bits per heavy atom. The van der Waals surface area contributed by atoms with Gasteiger partial charge in [0.15, 0.2) is 5.78 Å². The third-order valence-corrected chi connectivity index (χ3v) is 5.27. The second kappa shape index (κ2) is 8.43. The van der Waals surface area contributed by atoms with Crippen molar-refractivity contribution in [2.24, 2.45) is 0 Å². The van der Waals surface area contributed by atoms with Crippen LogP contribution in [0.5, 0.6) is 0 Å². The number of esters is 1. The molecule has 1 aromatic carbocycles. The van der Waals surface area contributed by atoms with Crippen molar-refractivity contribution in [2.45, 2.75) is 58.0 Å². The summed E-state index contributed by atoms with van der Waals surface area (Å²) in [5.41, 5.74) is 1.24. The first-order valence-electron chi connectivity index (χ1n) is 9.82. The zero-order valence-corrected chi connectivity index (χ0v) is 16.5. The van der Waals surface area contributed by atoms with Crippen LogP contribution in [0.3, 0.4) is 0 Å². The number of carbonyl (C=O) groups excluding carboxylic acids is 2. The number of carbonyl (C=O) groups is 2. The van der Waals surface area contributed by atoms with E-state index in [1.54, 1.807) is 6.92 Å². The number of nitrogens with one attached hydrogen (secondary N) is 1. The quantitative estimate of drug-likeness (QED) is 0.550. The molecule has 1 unspecified atom stereocenters. The zero-order valence-electron chi connectivity index (χ0n) is 16.5. The van der Waals surface area contributed by atoms with Gasteiger partial charge in [-0.2, -0.15) is 13.2 Å². The summed E-state index contributed by atoms with van der Waals surface area (Å²) in [7, 11) is 0. The van der Waals surface area contributed by atoms with Crippen LogP contribution in [-0.2, 0) is 20.5 Å². The van der Waals surface area contributed by atoms with E-state index < -0.39 is 23.6 Å². The molecular formula is C22H24F3NO3. The van der Waals surface area contributed by atoms with Crippen LogP contribution in [0.15, 0.2) is 46.8 Å². The van der Waals surface area contributed by atoms with E-state index >= 15 is 0 Å². The lowest BCUT2D eigenvalue weighted by molar-refractivity contribution is -0.139. The molecule has 4 nitrogen and oxygen atoms in total. The van der Waals surface area contributed by atoms with Gasteiger partial charge in [-0.05, 0) is 37.8 Å². The molecule has 0 radical (unpaired) electrons. The monoisotopic (exact) mass is 407 g/mol. The van der Waals surface area contributed by atoms with Gasteiger partial charge in [0.05, 0.1) is 17.7 Å². The number of benzene rings is 1. The van der Waals surface area contributed by atoms with Crippen LogP contribution < -0.4 is 5.32 Å². The van der Waals surface area contributed by atoms with Crippen molar-refractivity contribution in [3.63, 3.8) is 0 Å². The molecule has 3 rings (SSSR count). The number of Topliss-reactive ketones (excluding diaryl/α,β-unsaturated/α-hetero) is 1. The fourth-order valence-electron chi connectivity index (χ4n) is 3.87. The van der Waals surface area contributed by atoms with E-state index in [2.05, 4.69) is 5.32 Å². The van der Waals surface area contributed by atoms with Crippen molar-refractivity contribution >= 4 is 11.8 Å². The second-order valence-electron chi connectivity index (χ2n) is 7.38. The van der Waals surface area contributed by atoms with Gasteiger partial charge in [0.25, 0.3) is 0 Å². The van der Waals surface area contributed by atoms with Crippen LogP contribution in [0.1, 0.15) is 63.0 Å². The molecule has 0 amide bonds. The predicted molar refractivity (Wildman–Crippen MR) is 102 cm³/mol. The lowest BCUT2D eigenvalue weighted by atomic mass is 9.75. The summed E-state index contributed by atoms with van der Waals surface area (Å²) in [6.45, 7) is 3.88. The highest BCUT2D eigenvalue weighted by Crippen LogP contribution is 2.43. The number of allylic oxidation sites excluding steroid dienone is 3. The molecule has 0 saturated carbocycles. The Bertz CT molecular complexity index is 884. The molecule has 1 heterocycles. The van der Waals surface area contributed by atoms with E-state index in [1.165, 1.54) is 12.1 Å². The van der Waals surface area contributed by atoms with Crippen molar-refractivity contribution in [1.82, 2.24) is 5.32 Å². The molecule has 1 aliphatic heterocycles. The van der Waals surface area contributed by atoms with Gasteiger partial charge in [0.2, 0.25) is 0 Å². The van der Waals surface area contributed by atoms with Gasteiger partial charge < -0.3 is 10.1 Å². The van der Waals surface area contributed by atoms with Crippen molar-refractivity contribution in [1.29, 1.82) is 0 Å². The van der Waals surface area contributed by atoms with Crippen LogP contribution in [-0.4, -0.2) is 18.4 Å². The highest BCUT2D eigenvalue weighted by molar-refractivity contribution is 6.03. The first kappa shape index (κ1) is 21.1. The maximum Gasteiger partial charge on any atom is 0.416 e. The summed E-state index contributed by atoms with van der Waals surface area (Å²) in [6, 6.07) is 4.85. The maximum atomic E-state index is 13.3. The number of ketones is 1. The lowest BCUT2D eigenvalue weighted by Crippen LogP contribution is -2.34. The minimum absolute atomic E-state index is 0.146. The van der Waals surface area contributed by atoms with E-state index in [9.17, 15) is 22.8 Å².